The fraction of sp³-hybridized carbons (Fsp3) is 0.625. The van der Waals surface area contributed by atoms with Crippen LogP contribution in [-0.2, 0) is 9.53 Å². The molecule has 8 heteroatoms. The third-order valence-corrected chi connectivity index (χ3v) is 3.32. The van der Waals surface area contributed by atoms with Crippen molar-refractivity contribution in [2.45, 2.75) is 58.6 Å². The van der Waals surface area contributed by atoms with Gasteiger partial charge in [0.25, 0.3) is 5.91 Å². The van der Waals surface area contributed by atoms with E-state index in [4.69, 9.17) is 16.3 Å². The Bertz CT molecular complexity index is 599. The molecule has 0 aromatic carbocycles. The fourth-order valence-corrected chi connectivity index (χ4v) is 1.96. The Balaban J connectivity index is 2.82. The van der Waals surface area contributed by atoms with Crippen molar-refractivity contribution in [2.75, 3.05) is 6.61 Å². The maximum absolute atomic E-state index is 12.3. The minimum atomic E-state index is -1.14. The topological polar surface area (TPSA) is 101 Å². The Morgan fingerprint density at radius 1 is 1.38 bits per heavy atom. The number of aromatic nitrogens is 2. The summed E-state index contributed by atoms with van der Waals surface area (Å²) in [5, 5.41) is 11.8. The van der Waals surface area contributed by atoms with Crippen LogP contribution in [0.15, 0.2) is 6.20 Å². The summed E-state index contributed by atoms with van der Waals surface area (Å²) in [7, 11) is 0. The second-order valence-electron chi connectivity index (χ2n) is 6.69. The average molecular weight is 358 g/mol. The zero-order valence-corrected chi connectivity index (χ0v) is 15.3. The first-order chi connectivity index (χ1) is 11.0. The monoisotopic (exact) mass is 357 g/mol. The van der Waals surface area contributed by atoms with Crippen LogP contribution in [-0.4, -0.2) is 45.2 Å². The SMILES string of the molecule is CC(C)c1ncc(Cl)c(C(=O)NC(CCOC(C)(C)C)C(=O)O)n1. The predicted molar refractivity (Wildman–Crippen MR) is 90.3 cm³/mol. The van der Waals surface area contributed by atoms with E-state index in [9.17, 15) is 14.7 Å². The first-order valence-electron chi connectivity index (χ1n) is 7.71. The standard InChI is InChI=1S/C16H24ClN3O4/c1-9(2)13-18-8-10(17)12(20-13)14(21)19-11(15(22)23)6-7-24-16(3,4)5/h8-9,11H,6-7H2,1-5H3,(H,19,21)(H,22,23). The molecular weight excluding hydrogens is 334 g/mol. The highest BCUT2D eigenvalue weighted by Gasteiger charge is 2.24. The summed E-state index contributed by atoms with van der Waals surface area (Å²) in [4.78, 5) is 31.8. The van der Waals surface area contributed by atoms with Gasteiger partial charge in [0.1, 0.15) is 17.6 Å². The number of hydrogen-bond acceptors (Lipinski definition) is 5. The van der Waals surface area contributed by atoms with Crippen LogP contribution in [0.1, 0.15) is 63.3 Å². The number of nitrogens with one attached hydrogen (secondary N) is 1. The van der Waals surface area contributed by atoms with Crippen LogP contribution in [0, 0.1) is 0 Å². The number of carboxylic acids is 1. The summed E-state index contributed by atoms with van der Waals surface area (Å²) in [6, 6.07) is -1.09. The number of rotatable bonds is 7. The molecule has 1 amide bonds. The highest BCUT2D eigenvalue weighted by atomic mass is 35.5. The lowest BCUT2D eigenvalue weighted by Gasteiger charge is -2.21. The van der Waals surface area contributed by atoms with Gasteiger partial charge in [0, 0.05) is 18.9 Å². The maximum Gasteiger partial charge on any atom is 0.326 e. The van der Waals surface area contributed by atoms with Gasteiger partial charge < -0.3 is 15.2 Å². The van der Waals surface area contributed by atoms with E-state index in [1.807, 2.05) is 34.6 Å². The summed E-state index contributed by atoms with van der Waals surface area (Å²) in [6.45, 7) is 9.58. The van der Waals surface area contributed by atoms with Crippen molar-refractivity contribution in [2.24, 2.45) is 0 Å². The summed E-state index contributed by atoms with van der Waals surface area (Å²) in [6.07, 6.45) is 1.48. The molecule has 1 aromatic heterocycles. The van der Waals surface area contributed by atoms with Gasteiger partial charge in [-0.15, -0.1) is 0 Å². The fourth-order valence-electron chi connectivity index (χ4n) is 1.79. The molecule has 0 aliphatic heterocycles. The molecule has 0 spiro atoms. The molecule has 1 atom stereocenters. The lowest BCUT2D eigenvalue weighted by Crippen LogP contribution is -2.42. The van der Waals surface area contributed by atoms with Crippen molar-refractivity contribution in [1.82, 2.24) is 15.3 Å². The first kappa shape index (κ1) is 20.3. The van der Waals surface area contributed by atoms with Gasteiger partial charge in [-0.2, -0.15) is 0 Å². The van der Waals surface area contributed by atoms with E-state index in [1.165, 1.54) is 6.20 Å². The van der Waals surface area contributed by atoms with E-state index in [-0.39, 0.29) is 35.3 Å². The largest absolute Gasteiger partial charge is 0.480 e. The van der Waals surface area contributed by atoms with E-state index in [1.54, 1.807) is 0 Å². The van der Waals surface area contributed by atoms with Gasteiger partial charge >= 0.3 is 5.97 Å². The quantitative estimate of drug-likeness (QED) is 0.777. The van der Waals surface area contributed by atoms with Crippen LogP contribution in [0.2, 0.25) is 5.02 Å². The van der Waals surface area contributed by atoms with Gasteiger partial charge in [-0.05, 0) is 20.8 Å². The summed E-state index contributed by atoms with van der Waals surface area (Å²) in [5.74, 6) is -1.31. The Hall–Kier alpha value is -1.73. The molecule has 7 nitrogen and oxygen atoms in total. The molecule has 0 bridgehead atoms. The summed E-state index contributed by atoms with van der Waals surface area (Å²) >= 11 is 5.97. The smallest absolute Gasteiger partial charge is 0.326 e. The third-order valence-electron chi connectivity index (χ3n) is 3.04. The molecule has 0 fully saturated rings. The van der Waals surface area contributed by atoms with E-state index >= 15 is 0 Å². The van der Waals surface area contributed by atoms with Crippen LogP contribution in [0.3, 0.4) is 0 Å². The second kappa shape index (κ2) is 8.39. The summed E-state index contributed by atoms with van der Waals surface area (Å²) < 4.78 is 5.51. The van der Waals surface area contributed by atoms with Crippen molar-refractivity contribution in [3.8, 4) is 0 Å². The molecule has 0 saturated heterocycles. The molecule has 0 saturated carbocycles. The molecule has 1 rings (SSSR count). The van der Waals surface area contributed by atoms with Crippen LogP contribution in [0.5, 0.6) is 0 Å². The molecule has 1 aromatic rings. The van der Waals surface area contributed by atoms with Crippen molar-refractivity contribution < 1.29 is 19.4 Å². The van der Waals surface area contributed by atoms with Crippen LogP contribution < -0.4 is 5.32 Å². The van der Waals surface area contributed by atoms with Crippen LogP contribution >= 0.6 is 11.6 Å². The molecule has 1 unspecified atom stereocenters. The van der Waals surface area contributed by atoms with Crippen LogP contribution in [0.25, 0.3) is 0 Å². The lowest BCUT2D eigenvalue weighted by molar-refractivity contribution is -0.140. The molecule has 1 heterocycles. The molecule has 0 radical (unpaired) electrons. The molecule has 134 valence electrons. The number of halogens is 1. The van der Waals surface area contributed by atoms with Gasteiger partial charge in [-0.1, -0.05) is 25.4 Å². The maximum atomic E-state index is 12.3. The van der Waals surface area contributed by atoms with E-state index in [0.29, 0.717) is 5.82 Å². The number of aliphatic carboxylic acids is 1. The van der Waals surface area contributed by atoms with Gasteiger partial charge in [0.2, 0.25) is 0 Å². The average Bonchev–Trinajstić information content (AvgIpc) is 2.44. The minimum Gasteiger partial charge on any atom is -0.480 e. The lowest BCUT2D eigenvalue weighted by atomic mass is 10.1. The number of ether oxygens (including phenoxy) is 1. The van der Waals surface area contributed by atoms with E-state index < -0.39 is 17.9 Å². The number of nitrogens with zero attached hydrogens (tertiary/aromatic N) is 2. The number of carbonyl (C=O) groups is 2. The zero-order chi connectivity index (χ0) is 18.5. The Kier molecular flexibility index (Phi) is 7.10. The molecule has 0 aliphatic rings. The van der Waals surface area contributed by atoms with Gasteiger partial charge in [-0.3, -0.25) is 4.79 Å². The zero-order valence-electron chi connectivity index (χ0n) is 14.6. The Labute approximate surface area is 146 Å². The highest BCUT2D eigenvalue weighted by molar-refractivity contribution is 6.33. The second-order valence-corrected chi connectivity index (χ2v) is 7.10. The Morgan fingerprint density at radius 2 is 2.00 bits per heavy atom. The minimum absolute atomic E-state index is 0.0178. The molecule has 24 heavy (non-hydrogen) atoms. The van der Waals surface area contributed by atoms with E-state index in [2.05, 4.69) is 15.3 Å². The number of carboxylic acid groups (broad SMARTS) is 1. The van der Waals surface area contributed by atoms with Crippen LogP contribution in [0.4, 0.5) is 0 Å². The molecule has 2 N–H and O–H groups in total. The first-order valence-corrected chi connectivity index (χ1v) is 8.09. The summed E-state index contributed by atoms with van der Waals surface area (Å²) in [5.41, 5.74) is -0.409. The number of amides is 1. The molecule has 0 aliphatic carbocycles. The highest BCUT2D eigenvalue weighted by Crippen LogP contribution is 2.16. The van der Waals surface area contributed by atoms with Crippen molar-refractivity contribution >= 4 is 23.5 Å². The van der Waals surface area contributed by atoms with Gasteiger partial charge in [-0.25, -0.2) is 14.8 Å². The molecular formula is C16H24ClN3O4. The van der Waals surface area contributed by atoms with E-state index in [0.717, 1.165) is 0 Å². The Morgan fingerprint density at radius 3 is 2.50 bits per heavy atom. The third kappa shape index (κ3) is 6.41. The van der Waals surface area contributed by atoms with Gasteiger partial charge in [0.15, 0.2) is 0 Å². The van der Waals surface area contributed by atoms with Crippen molar-refractivity contribution in [1.29, 1.82) is 0 Å². The normalized spacial score (nSPS) is 13.0. The number of hydrogen-bond donors (Lipinski definition) is 2. The van der Waals surface area contributed by atoms with Crippen molar-refractivity contribution in [3.63, 3.8) is 0 Å². The number of carbonyl (C=O) groups excluding carboxylic acids is 1. The predicted octanol–water partition coefficient (Wildman–Crippen LogP) is 2.64. The van der Waals surface area contributed by atoms with Gasteiger partial charge in [0.05, 0.1) is 16.8 Å². The van der Waals surface area contributed by atoms with Crippen molar-refractivity contribution in [3.05, 3.63) is 22.7 Å².